The van der Waals surface area contributed by atoms with Gasteiger partial charge in [0.05, 0.1) is 23.9 Å². The van der Waals surface area contributed by atoms with Crippen LogP contribution in [0.2, 0.25) is 15.1 Å². The number of halogens is 3. The highest BCUT2D eigenvalue weighted by Crippen LogP contribution is 2.38. The number of allylic oxidation sites excluding steroid dienone is 1. The molecule has 0 bridgehead atoms. The zero-order chi connectivity index (χ0) is 24.7. The minimum Gasteiger partial charge on any atom is -0.465 e. The Morgan fingerprint density at radius 3 is 2.09 bits per heavy atom. The maximum absolute atomic E-state index is 13.6. The van der Waals surface area contributed by atoms with Crippen LogP contribution >= 0.6 is 34.8 Å². The van der Waals surface area contributed by atoms with E-state index in [1.807, 2.05) is 44.2 Å². The normalized spacial score (nSPS) is 15.0. The highest BCUT2D eigenvalue weighted by Gasteiger charge is 2.38. The molecule has 0 saturated heterocycles. The van der Waals surface area contributed by atoms with Crippen LogP contribution in [0.4, 0.5) is 5.69 Å². The lowest BCUT2D eigenvalue weighted by Gasteiger charge is -2.18. The Balaban J connectivity index is 1.86. The van der Waals surface area contributed by atoms with Crippen LogP contribution < -0.4 is 4.90 Å². The Hall–Kier alpha value is -2.99. The molecule has 2 heterocycles. The third-order valence-electron chi connectivity index (χ3n) is 5.75. The molecule has 1 aromatic heterocycles. The fraction of sp³-hybridized carbons (Fsp3) is 0.154. The van der Waals surface area contributed by atoms with Gasteiger partial charge in [0.2, 0.25) is 0 Å². The number of amides is 1. The highest BCUT2D eigenvalue weighted by atomic mass is 35.5. The summed E-state index contributed by atoms with van der Waals surface area (Å²) < 4.78 is 7.07. The number of rotatable bonds is 4. The molecule has 0 radical (unpaired) electrons. The van der Waals surface area contributed by atoms with Crippen LogP contribution in [0.25, 0.3) is 11.8 Å². The molecule has 0 unspecified atom stereocenters. The number of anilines is 1. The number of ether oxygens (including phenoxy) is 1. The molecule has 1 aliphatic rings. The topological polar surface area (TPSA) is 51.5 Å². The van der Waals surface area contributed by atoms with Gasteiger partial charge in [-0.25, -0.2) is 4.79 Å². The number of hydrogen-bond donors (Lipinski definition) is 0. The van der Waals surface area contributed by atoms with Crippen LogP contribution in [0, 0.1) is 13.8 Å². The van der Waals surface area contributed by atoms with Crippen molar-refractivity contribution in [2.45, 2.75) is 20.8 Å². The second kappa shape index (κ2) is 9.34. The van der Waals surface area contributed by atoms with E-state index in [1.54, 1.807) is 31.2 Å². The first-order valence-electron chi connectivity index (χ1n) is 10.4. The summed E-state index contributed by atoms with van der Waals surface area (Å²) >= 11 is 18.4. The lowest BCUT2D eigenvalue weighted by molar-refractivity contribution is -0.136. The fourth-order valence-electron chi connectivity index (χ4n) is 4.24. The van der Waals surface area contributed by atoms with E-state index >= 15 is 0 Å². The number of methoxy groups -OCH3 is 1. The van der Waals surface area contributed by atoms with Gasteiger partial charge in [0.1, 0.15) is 0 Å². The average Bonchev–Trinajstić information content (AvgIpc) is 3.19. The molecule has 1 amide bonds. The summed E-state index contributed by atoms with van der Waals surface area (Å²) in [6.45, 7) is 5.62. The van der Waals surface area contributed by atoms with Gasteiger partial charge in [-0.05, 0) is 80.9 Å². The molecular weight excluding hydrogens is 495 g/mol. The van der Waals surface area contributed by atoms with E-state index in [0.717, 1.165) is 22.6 Å². The summed E-state index contributed by atoms with van der Waals surface area (Å²) in [4.78, 5) is 27.7. The molecule has 4 rings (SSSR count). The largest absolute Gasteiger partial charge is 0.465 e. The quantitative estimate of drug-likeness (QED) is 0.280. The minimum absolute atomic E-state index is 0.194. The van der Waals surface area contributed by atoms with E-state index in [4.69, 9.17) is 39.5 Å². The van der Waals surface area contributed by atoms with Gasteiger partial charge in [0.15, 0.2) is 0 Å². The molecule has 0 aliphatic carbocycles. The Labute approximate surface area is 212 Å². The van der Waals surface area contributed by atoms with Crippen molar-refractivity contribution in [2.75, 3.05) is 12.0 Å². The standard InChI is InChI=1S/C26H21Cl3N2O3/c1-14-9-17(15(2)30(14)21-7-5-18(27)6-8-21)10-23-24(26(33)34-4)16(3)31(25(23)32)22-12-19(28)11-20(29)13-22/h5-13H,1-4H3/b23-10-. The van der Waals surface area contributed by atoms with Gasteiger partial charge in [0.25, 0.3) is 5.91 Å². The van der Waals surface area contributed by atoms with Gasteiger partial charge >= 0.3 is 5.97 Å². The Morgan fingerprint density at radius 1 is 0.882 bits per heavy atom. The summed E-state index contributed by atoms with van der Waals surface area (Å²) in [5.74, 6) is -0.966. The first-order chi connectivity index (χ1) is 16.1. The second-order valence-corrected chi connectivity index (χ2v) is 9.23. The van der Waals surface area contributed by atoms with Gasteiger partial charge in [-0.3, -0.25) is 9.69 Å². The molecule has 174 valence electrons. The van der Waals surface area contributed by atoms with Crippen molar-refractivity contribution in [3.05, 3.63) is 97.4 Å². The van der Waals surface area contributed by atoms with Crippen LogP contribution in [-0.4, -0.2) is 23.6 Å². The summed E-state index contributed by atoms with van der Waals surface area (Å²) in [5, 5.41) is 1.41. The second-order valence-electron chi connectivity index (χ2n) is 7.92. The van der Waals surface area contributed by atoms with E-state index in [0.29, 0.717) is 26.5 Å². The van der Waals surface area contributed by atoms with E-state index in [2.05, 4.69) is 4.57 Å². The monoisotopic (exact) mass is 514 g/mol. The summed E-state index contributed by atoms with van der Waals surface area (Å²) in [6, 6.07) is 14.3. The first kappa shape index (κ1) is 24.1. The number of hydrogen-bond acceptors (Lipinski definition) is 3. The van der Waals surface area contributed by atoms with E-state index < -0.39 is 5.97 Å². The van der Waals surface area contributed by atoms with Gasteiger partial charge < -0.3 is 9.30 Å². The van der Waals surface area contributed by atoms with Crippen molar-refractivity contribution in [3.63, 3.8) is 0 Å². The predicted octanol–water partition coefficient (Wildman–Crippen LogP) is 6.93. The predicted molar refractivity (Wildman–Crippen MR) is 137 cm³/mol. The van der Waals surface area contributed by atoms with Gasteiger partial charge in [0, 0.05) is 37.8 Å². The maximum atomic E-state index is 13.6. The van der Waals surface area contributed by atoms with Gasteiger partial charge in [-0.2, -0.15) is 0 Å². The molecule has 2 aromatic carbocycles. The molecule has 0 saturated carbocycles. The number of benzene rings is 2. The SMILES string of the molecule is COC(=O)C1=C(C)N(c2cc(Cl)cc(Cl)c2)C(=O)/C1=C\c1cc(C)n(-c2ccc(Cl)cc2)c1C. The van der Waals surface area contributed by atoms with Crippen molar-refractivity contribution in [2.24, 2.45) is 0 Å². The van der Waals surface area contributed by atoms with E-state index in [1.165, 1.54) is 12.0 Å². The minimum atomic E-state index is -0.598. The first-order valence-corrected chi connectivity index (χ1v) is 11.5. The molecule has 8 heteroatoms. The third kappa shape index (κ3) is 4.27. The van der Waals surface area contributed by atoms with Gasteiger partial charge in [-0.1, -0.05) is 34.8 Å². The number of aromatic nitrogens is 1. The third-order valence-corrected chi connectivity index (χ3v) is 6.44. The van der Waals surface area contributed by atoms with Crippen LogP contribution in [-0.2, 0) is 14.3 Å². The zero-order valence-corrected chi connectivity index (χ0v) is 21.2. The maximum Gasteiger partial charge on any atom is 0.340 e. The molecular formula is C26H21Cl3N2O3. The molecule has 5 nitrogen and oxygen atoms in total. The van der Waals surface area contributed by atoms with Crippen molar-refractivity contribution in [1.82, 2.24) is 4.57 Å². The molecule has 3 aromatic rings. The number of aryl methyl sites for hydroxylation is 1. The Kier molecular flexibility index (Phi) is 6.63. The van der Waals surface area contributed by atoms with Crippen LogP contribution in [0.3, 0.4) is 0 Å². The van der Waals surface area contributed by atoms with Crippen LogP contribution in [0.1, 0.15) is 23.9 Å². The number of carbonyl (C=O) groups excluding carboxylic acids is 2. The lowest BCUT2D eigenvalue weighted by atomic mass is 10.0. The summed E-state index contributed by atoms with van der Waals surface area (Å²) in [5.41, 5.74) is 4.95. The van der Waals surface area contributed by atoms with Crippen LogP contribution in [0.5, 0.6) is 0 Å². The van der Waals surface area contributed by atoms with Crippen molar-refractivity contribution in [3.8, 4) is 5.69 Å². The molecule has 34 heavy (non-hydrogen) atoms. The average molecular weight is 516 g/mol. The molecule has 1 aliphatic heterocycles. The van der Waals surface area contributed by atoms with Crippen molar-refractivity contribution in [1.29, 1.82) is 0 Å². The van der Waals surface area contributed by atoms with Crippen molar-refractivity contribution >= 4 is 58.4 Å². The summed E-state index contributed by atoms with van der Waals surface area (Å²) in [7, 11) is 1.29. The fourth-order valence-corrected chi connectivity index (χ4v) is 4.88. The van der Waals surface area contributed by atoms with Crippen molar-refractivity contribution < 1.29 is 14.3 Å². The number of carbonyl (C=O) groups is 2. The summed E-state index contributed by atoms with van der Waals surface area (Å²) in [6.07, 6.45) is 1.72. The highest BCUT2D eigenvalue weighted by molar-refractivity contribution is 6.35. The Bertz CT molecular complexity index is 1360. The smallest absolute Gasteiger partial charge is 0.340 e. The molecule has 0 N–H and O–H groups in total. The molecule has 0 atom stereocenters. The Morgan fingerprint density at radius 2 is 1.50 bits per heavy atom. The van der Waals surface area contributed by atoms with E-state index in [-0.39, 0.29) is 17.1 Å². The van der Waals surface area contributed by atoms with Crippen LogP contribution in [0.15, 0.2) is 65.4 Å². The zero-order valence-electron chi connectivity index (χ0n) is 18.9. The molecule has 0 fully saturated rings. The molecule has 0 spiro atoms. The lowest BCUT2D eigenvalue weighted by Crippen LogP contribution is -2.24. The van der Waals surface area contributed by atoms with Gasteiger partial charge in [-0.15, -0.1) is 0 Å². The number of esters is 1. The van der Waals surface area contributed by atoms with E-state index in [9.17, 15) is 9.59 Å². The number of nitrogens with zero attached hydrogens (tertiary/aromatic N) is 2.